The smallest absolute Gasteiger partial charge is 0.200 e. The van der Waals surface area contributed by atoms with E-state index in [1.807, 2.05) is 0 Å². The van der Waals surface area contributed by atoms with Crippen LogP contribution in [0.3, 0.4) is 0 Å². The van der Waals surface area contributed by atoms with Gasteiger partial charge < -0.3 is 5.84 Å². The van der Waals surface area contributed by atoms with Crippen molar-refractivity contribution in [2.24, 2.45) is 16.2 Å². The molecule has 0 atom stereocenters. The Morgan fingerprint density at radius 1 is 1.58 bits per heavy atom. The van der Waals surface area contributed by atoms with Crippen molar-refractivity contribution in [3.8, 4) is 0 Å². The topological polar surface area (TPSA) is 93.6 Å². The summed E-state index contributed by atoms with van der Waals surface area (Å²) < 4.78 is 0. The van der Waals surface area contributed by atoms with Gasteiger partial charge in [-0.2, -0.15) is 0 Å². The predicted octanol–water partition coefficient (Wildman–Crippen LogP) is 0.555. The van der Waals surface area contributed by atoms with E-state index in [2.05, 4.69) is 20.5 Å². The lowest BCUT2D eigenvalue weighted by atomic mass is 10.3. The number of nitrogens with zero attached hydrogens (tertiary/aromatic N) is 4. The molecule has 0 fully saturated rings. The SMILES string of the molecule is Cc1cc(C=O)nnc1N=NN. The molecule has 0 saturated carbocycles. The lowest BCUT2D eigenvalue weighted by molar-refractivity contribution is 0.111. The molecule has 0 spiro atoms. The molecule has 12 heavy (non-hydrogen) atoms. The van der Waals surface area contributed by atoms with Crippen molar-refractivity contribution in [3.05, 3.63) is 17.3 Å². The molecule has 0 saturated heterocycles. The fourth-order valence-corrected chi connectivity index (χ4v) is 0.710. The molecule has 1 aromatic heterocycles. The number of rotatable bonds is 2. The van der Waals surface area contributed by atoms with Crippen molar-refractivity contribution in [2.45, 2.75) is 6.92 Å². The molecule has 1 heterocycles. The van der Waals surface area contributed by atoms with Crippen molar-refractivity contribution in [2.75, 3.05) is 0 Å². The second-order valence-electron chi connectivity index (χ2n) is 2.11. The molecule has 1 aromatic rings. The number of aldehydes is 1. The highest BCUT2D eigenvalue weighted by molar-refractivity contribution is 5.72. The molecular formula is C6H7N5O. The van der Waals surface area contributed by atoms with Gasteiger partial charge in [-0.3, -0.25) is 4.79 Å². The summed E-state index contributed by atoms with van der Waals surface area (Å²) in [6.07, 6.45) is 0.614. The molecule has 6 nitrogen and oxygen atoms in total. The van der Waals surface area contributed by atoms with E-state index < -0.39 is 0 Å². The van der Waals surface area contributed by atoms with Gasteiger partial charge in [-0.25, -0.2) is 0 Å². The Hall–Kier alpha value is -1.85. The molecule has 1 rings (SSSR count). The van der Waals surface area contributed by atoms with Crippen molar-refractivity contribution in [1.82, 2.24) is 10.2 Å². The van der Waals surface area contributed by atoms with E-state index in [-0.39, 0.29) is 5.69 Å². The monoisotopic (exact) mass is 165 g/mol. The first-order chi connectivity index (χ1) is 5.77. The minimum Gasteiger partial charge on any atom is -0.305 e. The van der Waals surface area contributed by atoms with Gasteiger partial charge in [0.2, 0.25) is 5.82 Å². The summed E-state index contributed by atoms with van der Waals surface area (Å²) in [4.78, 5) is 10.2. The van der Waals surface area contributed by atoms with E-state index in [9.17, 15) is 4.79 Å². The number of hydrogen-bond donors (Lipinski definition) is 1. The van der Waals surface area contributed by atoms with E-state index in [1.165, 1.54) is 0 Å². The van der Waals surface area contributed by atoms with Crippen molar-refractivity contribution < 1.29 is 4.79 Å². The van der Waals surface area contributed by atoms with Crippen LogP contribution in [0.15, 0.2) is 16.4 Å². The Morgan fingerprint density at radius 2 is 2.33 bits per heavy atom. The minimum atomic E-state index is 0.267. The van der Waals surface area contributed by atoms with Crippen LogP contribution >= 0.6 is 0 Å². The summed E-state index contributed by atoms with van der Waals surface area (Å²) >= 11 is 0. The summed E-state index contributed by atoms with van der Waals surface area (Å²) in [6, 6.07) is 1.56. The molecule has 0 radical (unpaired) electrons. The van der Waals surface area contributed by atoms with E-state index in [4.69, 9.17) is 5.84 Å². The number of carbonyl (C=O) groups is 1. The van der Waals surface area contributed by atoms with E-state index in [0.717, 1.165) is 0 Å². The second-order valence-corrected chi connectivity index (χ2v) is 2.11. The second kappa shape index (κ2) is 3.51. The molecule has 62 valence electrons. The highest BCUT2D eigenvalue weighted by Crippen LogP contribution is 2.12. The van der Waals surface area contributed by atoms with Crippen LogP contribution in [0.4, 0.5) is 5.82 Å². The van der Waals surface area contributed by atoms with Crippen LogP contribution in [-0.4, -0.2) is 16.5 Å². The third-order valence-electron chi connectivity index (χ3n) is 1.25. The van der Waals surface area contributed by atoms with Gasteiger partial charge in [0.05, 0.1) is 0 Å². The zero-order chi connectivity index (χ0) is 8.97. The Balaban J connectivity index is 3.11. The maximum Gasteiger partial charge on any atom is 0.200 e. The Kier molecular flexibility index (Phi) is 2.42. The van der Waals surface area contributed by atoms with Crippen LogP contribution in [0.1, 0.15) is 16.1 Å². The van der Waals surface area contributed by atoms with E-state index >= 15 is 0 Å². The summed E-state index contributed by atoms with van der Waals surface area (Å²) in [6.45, 7) is 1.74. The first-order valence-electron chi connectivity index (χ1n) is 3.18. The standard InChI is InChI=1S/C6H7N5O/c1-4-2-5(3-12)8-9-6(4)10-11-7/h2-3H,1H3,(H2,7,9,10). The Labute approximate surface area is 68.5 Å². The minimum absolute atomic E-state index is 0.267. The first-order valence-corrected chi connectivity index (χ1v) is 3.18. The highest BCUT2D eigenvalue weighted by atomic mass is 16.1. The highest BCUT2D eigenvalue weighted by Gasteiger charge is 2.00. The summed E-state index contributed by atoms with van der Waals surface area (Å²) in [5.74, 6) is 5.14. The van der Waals surface area contributed by atoms with Crippen LogP contribution in [0.25, 0.3) is 0 Å². The van der Waals surface area contributed by atoms with Gasteiger partial charge in [0.1, 0.15) is 5.69 Å². The maximum atomic E-state index is 10.2. The van der Waals surface area contributed by atoms with Gasteiger partial charge in [-0.15, -0.1) is 15.3 Å². The molecule has 0 aliphatic heterocycles. The number of hydrogen-bond acceptors (Lipinski definition) is 5. The van der Waals surface area contributed by atoms with Crippen molar-refractivity contribution in [3.63, 3.8) is 0 Å². The van der Waals surface area contributed by atoms with Crippen LogP contribution in [0, 0.1) is 6.92 Å². The number of nitrogens with two attached hydrogens (primary N) is 1. The average molecular weight is 165 g/mol. The lowest BCUT2D eigenvalue weighted by Gasteiger charge is -1.95. The van der Waals surface area contributed by atoms with E-state index in [1.54, 1.807) is 13.0 Å². The zero-order valence-electron chi connectivity index (χ0n) is 6.43. The average Bonchev–Trinajstić information content (AvgIpc) is 2.09. The first kappa shape index (κ1) is 8.25. The summed E-state index contributed by atoms with van der Waals surface area (Å²) in [7, 11) is 0. The Morgan fingerprint density at radius 3 is 2.83 bits per heavy atom. The quantitative estimate of drug-likeness (QED) is 0.299. The largest absolute Gasteiger partial charge is 0.305 e. The molecule has 0 aromatic carbocycles. The number of carbonyl (C=O) groups excluding carboxylic acids is 1. The third-order valence-corrected chi connectivity index (χ3v) is 1.25. The van der Waals surface area contributed by atoms with Gasteiger partial charge in [-0.1, -0.05) is 5.22 Å². The number of aryl methyl sites for hydroxylation is 1. The van der Waals surface area contributed by atoms with Gasteiger partial charge in [0.25, 0.3) is 0 Å². The third kappa shape index (κ3) is 1.60. The molecule has 0 aliphatic carbocycles. The van der Waals surface area contributed by atoms with Crippen molar-refractivity contribution in [1.29, 1.82) is 0 Å². The molecular weight excluding hydrogens is 158 g/mol. The zero-order valence-corrected chi connectivity index (χ0v) is 6.43. The predicted molar refractivity (Wildman–Crippen MR) is 40.9 cm³/mol. The lowest BCUT2D eigenvalue weighted by Crippen LogP contribution is -1.92. The van der Waals surface area contributed by atoms with Crippen molar-refractivity contribution >= 4 is 12.1 Å². The van der Waals surface area contributed by atoms with Gasteiger partial charge in [0.15, 0.2) is 6.29 Å². The fourth-order valence-electron chi connectivity index (χ4n) is 0.710. The van der Waals surface area contributed by atoms with Crippen LogP contribution in [0.2, 0.25) is 0 Å². The normalized spacial score (nSPS) is 10.4. The van der Waals surface area contributed by atoms with Gasteiger partial charge in [-0.05, 0) is 18.6 Å². The Bertz CT molecular complexity index is 322. The van der Waals surface area contributed by atoms with Gasteiger partial charge >= 0.3 is 0 Å². The number of aromatic nitrogens is 2. The van der Waals surface area contributed by atoms with Crippen LogP contribution < -0.4 is 5.84 Å². The molecule has 0 amide bonds. The molecule has 0 unspecified atom stereocenters. The van der Waals surface area contributed by atoms with Crippen LogP contribution in [-0.2, 0) is 0 Å². The van der Waals surface area contributed by atoms with Crippen LogP contribution in [0.5, 0.6) is 0 Å². The van der Waals surface area contributed by atoms with E-state index in [0.29, 0.717) is 17.7 Å². The molecule has 2 N–H and O–H groups in total. The molecule has 0 aliphatic rings. The summed E-state index contributed by atoms with van der Waals surface area (Å²) in [5, 5.41) is 13.7. The molecule has 6 heteroatoms. The summed E-state index contributed by atoms with van der Waals surface area (Å²) in [5.41, 5.74) is 0.977. The van der Waals surface area contributed by atoms with Gasteiger partial charge in [0, 0.05) is 0 Å². The fraction of sp³-hybridized carbons (Fsp3) is 0.167. The molecule has 0 bridgehead atoms. The maximum absolute atomic E-state index is 10.2.